The molecule has 0 amide bonds. The van der Waals surface area contributed by atoms with Crippen LogP contribution in [0.5, 0.6) is 0 Å². The average Bonchev–Trinajstić information content (AvgIpc) is 2.82. The summed E-state index contributed by atoms with van der Waals surface area (Å²) in [6, 6.07) is 0. The molecule has 0 N–H and O–H groups in total. The molecule has 1 atom stereocenters. The summed E-state index contributed by atoms with van der Waals surface area (Å²) in [5.74, 6) is -0.211. The highest BCUT2D eigenvalue weighted by atomic mass is 31.1. The lowest BCUT2D eigenvalue weighted by Crippen LogP contribution is -2.32. The molecule has 2 aliphatic rings. The molecule has 5 heteroatoms. The van der Waals surface area contributed by atoms with Crippen molar-refractivity contribution in [2.45, 2.75) is 39.7 Å². The summed E-state index contributed by atoms with van der Waals surface area (Å²) in [7, 11) is 1.11. The topological polar surface area (TPSA) is 41.9 Å². The Kier molecular flexibility index (Phi) is 5.59. The van der Waals surface area contributed by atoms with Gasteiger partial charge in [0.1, 0.15) is 6.10 Å². The van der Waals surface area contributed by atoms with Crippen LogP contribution in [-0.4, -0.2) is 54.6 Å². The number of ether oxygens (including phenoxy) is 1. The van der Waals surface area contributed by atoms with Crippen LogP contribution in [0.2, 0.25) is 0 Å². The summed E-state index contributed by atoms with van der Waals surface area (Å²) >= 11 is 0. The second kappa shape index (κ2) is 7.21. The van der Waals surface area contributed by atoms with E-state index in [2.05, 4.69) is 16.8 Å². The Balaban J connectivity index is 2.21. The minimum Gasteiger partial charge on any atom is -0.456 e. The number of aliphatic imine (C=N–C) groups is 1. The number of nitrogens with zero attached hydrogens (tertiary/aromatic N) is 2. The van der Waals surface area contributed by atoms with E-state index in [0.717, 1.165) is 46.8 Å². The number of esters is 1. The standard InChI is InChI=1S/C15H25N2O2P/c1-4-16-15-13(5-6-14(15)19-12(3)18)11(2)17-7-9-20-10-8-17/h14,20H,4-10H2,1-3H3/b13-11+,16-15+. The lowest BCUT2D eigenvalue weighted by Gasteiger charge is -2.31. The van der Waals surface area contributed by atoms with Crippen LogP contribution in [0.1, 0.15) is 33.6 Å². The maximum absolute atomic E-state index is 11.2. The number of allylic oxidation sites excluding steroid dienone is 1. The van der Waals surface area contributed by atoms with E-state index in [1.807, 2.05) is 6.92 Å². The Morgan fingerprint density at radius 3 is 2.70 bits per heavy atom. The Hall–Kier alpha value is -0.890. The maximum Gasteiger partial charge on any atom is 0.303 e. The van der Waals surface area contributed by atoms with Crippen LogP contribution in [0.3, 0.4) is 0 Å². The normalized spacial score (nSPS) is 27.9. The number of carbonyl (C=O) groups excluding carboxylic acids is 1. The second-order valence-electron chi connectivity index (χ2n) is 5.30. The average molecular weight is 296 g/mol. The van der Waals surface area contributed by atoms with Crippen molar-refractivity contribution < 1.29 is 9.53 Å². The first kappa shape index (κ1) is 15.5. The van der Waals surface area contributed by atoms with E-state index in [9.17, 15) is 4.79 Å². The summed E-state index contributed by atoms with van der Waals surface area (Å²) in [6.45, 7) is 8.77. The Labute approximate surface area is 123 Å². The third-order valence-electron chi connectivity index (χ3n) is 3.94. The highest BCUT2D eigenvalue weighted by Gasteiger charge is 2.32. The van der Waals surface area contributed by atoms with Crippen LogP contribution in [-0.2, 0) is 9.53 Å². The molecular formula is C15H25N2O2P. The van der Waals surface area contributed by atoms with Crippen molar-refractivity contribution in [1.82, 2.24) is 4.90 Å². The van der Waals surface area contributed by atoms with Gasteiger partial charge in [-0.05, 0) is 44.6 Å². The quantitative estimate of drug-likeness (QED) is 0.593. The first-order valence-corrected chi connectivity index (χ1v) is 8.92. The largest absolute Gasteiger partial charge is 0.456 e. The van der Waals surface area contributed by atoms with E-state index >= 15 is 0 Å². The van der Waals surface area contributed by atoms with Crippen molar-refractivity contribution in [3.63, 3.8) is 0 Å². The Morgan fingerprint density at radius 2 is 2.10 bits per heavy atom. The van der Waals surface area contributed by atoms with Gasteiger partial charge in [-0.2, -0.15) is 0 Å². The molecule has 0 radical (unpaired) electrons. The fourth-order valence-corrected chi connectivity index (χ4v) is 4.08. The number of carbonyl (C=O) groups is 1. The predicted octanol–water partition coefficient (Wildman–Crippen LogP) is 2.44. The summed E-state index contributed by atoms with van der Waals surface area (Å²) in [6.07, 6.45) is 4.32. The van der Waals surface area contributed by atoms with E-state index in [4.69, 9.17) is 4.74 Å². The zero-order chi connectivity index (χ0) is 14.5. The summed E-state index contributed by atoms with van der Waals surface area (Å²) in [5, 5.41) is 0. The van der Waals surface area contributed by atoms with E-state index < -0.39 is 0 Å². The molecule has 1 saturated heterocycles. The molecule has 1 unspecified atom stereocenters. The first-order valence-electron chi connectivity index (χ1n) is 7.50. The molecular weight excluding hydrogens is 271 g/mol. The lowest BCUT2D eigenvalue weighted by atomic mass is 10.1. The molecule has 0 aromatic heterocycles. The summed E-state index contributed by atoms with van der Waals surface area (Å²) in [5.41, 5.74) is 3.66. The van der Waals surface area contributed by atoms with Crippen LogP contribution in [0.4, 0.5) is 0 Å². The van der Waals surface area contributed by atoms with Gasteiger partial charge in [-0.15, -0.1) is 8.58 Å². The smallest absolute Gasteiger partial charge is 0.303 e. The van der Waals surface area contributed by atoms with Gasteiger partial charge in [0.25, 0.3) is 0 Å². The van der Waals surface area contributed by atoms with Gasteiger partial charge >= 0.3 is 5.97 Å². The van der Waals surface area contributed by atoms with Crippen molar-refractivity contribution in [2.24, 2.45) is 4.99 Å². The van der Waals surface area contributed by atoms with Gasteiger partial charge in [0.15, 0.2) is 0 Å². The number of hydrogen-bond acceptors (Lipinski definition) is 4. The van der Waals surface area contributed by atoms with E-state index in [1.54, 1.807) is 0 Å². The van der Waals surface area contributed by atoms with Crippen molar-refractivity contribution in [2.75, 3.05) is 32.0 Å². The highest BCUT2D eigenvalue weighted by molar-refractivity contribution is 7.38. The Morgan fingerprint density at radius 1 is 1.40 bits per heavy atom. The summed E-state index contributed by atoms with van der Waals surface area (Å²) in [4.78, 5) is 18.3. The van der Waals surface area contributed by atoms with Crippen LogP contribution in [0, 0.1) is 0 Å². The van der Waals surface area contributed by atoms with E-state index in [0.29, 0.717) is 0 Å². The molecule has 0 spiro atoms. The van der Waals surface area contributed by atoms with Gasteiger partial charge in [0.2, 0.25) is 0 Å². The minimum absolute atomic E-state index is 0.135. The zero-order valence-electron chi connectivity index (χ0n) is 12.7. The van der Waals surface area contributed by atoms with E-state index in [-0.39, 0.29) is 12.1 Å². The molecule has 2 fully saturated rings. The predicted molar refractivity (Wildman–Crippen MR) is 85.1 cm³/mol. The van der Waals surface area contributed by atoms with Crippen molar-refractivity contribution in [1.29, 1.82) is 0 Å². The van der Waals surface area contributed by atoms with Gasteiger partial charge in [-0.1, -0.05) is 0 Å². The van der Waals surface area contributed by atoms with Gasteiger partial charge in [-0.3, -0.25) is 9.79 Å². The van der Waals surface area contributed by atoms with Crippen molar-refractivity contribution >= 4 is 20.3 Å². The molecule has 20 heavy (non-hydrogen) atoms. The molecule has 0 bridgehead atoms. The third kappa shape index (κ3) is 3.60. The lowest BCUT2D eigenvalue weighted by molar-refractivity contribution is -0.143. The fourth-order valence-electron chi connectivity index (χ4n) is 2.97. The fraction of sp³-hybridized carbons (Fsp3) is 0.733. The van der Waals surface area contributed by atoms with Crippen molar-refractivity contribution in [3.05, 3.63) is 11.3 Å². The first-order chi connectivity index (χ1) is 9.63. The molecule has 1 aliphatic heterocycles. The zero-order valence-corrected chi connectivity index (χ0v) is 13.7. The molecule has 1 heterocycles. The molecule has 1 saturated carbocycles. The molecule has 0 aromatic rings. The Bertz CT molecular complexity index is 426. The van der Waals surface area contributed by atoms with Crippen LogP contribution >= 0.6 is 8.58 Å². The van der Waals surface area contributed by atoms with Gasteiger partial charge in [0.05, 0.1) is 5.71 Å². The molecule has 0 aromatic carbocycles. The highest BCUT2D eigenvalue weighted by Crippen LogP contribution is 2.30. The van der Waals surface area contributed by atoms with Gasteiger partial charge in [0, 0.05) is 32.3 Å². The maximum atomic E-state index is 11.2. The van der Waals surface area contributed by atoms with Crippen LogP contribution < -0.4 is 0 Å². The molecule has 112 valence electrons. The van der Waals surface area contributed by atoms with E-state index in [1.165, 1.54) is 30.5 Å². The van der Waals surface area contributed by atoms with Gasteiger partial charge < -0.3 is 9.64 Å². The minimum atomic E-state index is -0.211. The number of rotatable bonds is 3. The van der Waals surface area contributed by atoms with Gasteiger partial charge in [-0.25, -0.2) is 0 Å². The number of hydrogen-bond donors (Lipinski definition) is 0. The third-order valence-corrected chi connectivity index (χ3v) is 5.09. The SMILES string of the molecule is CC/N=C1\C(=C(/C)N2CCPCC2)CCC1OC(C)=O. The molecule has 1 aliphatic carbocycles. The molecule has 4 nitrogen and oxygen atoms in total. The van der Waals surface area contributed by atoms with Crippen molar-refractivity contribution in [3.8, 4) is 0 Å². The summed E-state index contributed by atoms with van der Waals surface area (Å²) < 4.78 is 5.42. The van der Waals surface area contributed by atoms with Crippen LogP contribution in [0.15, 0.2) is 16.3 Å². The van der Waals surface area contributed by atoms with Crippen LogP contribution in [0.25, 0.3) is 0 Å². The molecule has 2 rings (SSSR count). The second-order valence-corrected chi connectivity index (χ2v) is 6.80. The monoisotopic (exact) mass is 296 g/mol.